The SMILES string of the molecule is Cc1cc(C)cc(CC(C)NC(=O)[C@@H](C)N)c1. The molecular formula is C14H22N2O. The summed E-state index contributed by atoms with van der Waals surface area (Å²) in [6.45, 7) is 7.86. The third-order valence-electron chi connectivity index (χ3n) is 2.63. The molecule has 0 fully saturated rings. The van der Waals surface area contributed by atoms with Gasteiger partial charge in [-0.05, 0) is 39.7 Å². The van der Waals surface area contributed by atoms with Crippen LogP contribution in [0.1, 0.15) is 30.5 Å². The second-order valence-corrected chi connectivity index (χ2v) is 4.90. The van der Waals surface area contributed by atoms with Crippen molar-refractivity contribution in [2.24, 2.45) is 5.73 Å². The van der Waals surface area contributed by atoms with Gasteiger partial charge in [-0.15, -0.1) is 0 Å². The van der Waals surface area contributed by atoms with Crippen molar-refractivity contribution in [3.05, 3.63) is 34.9 Å². The molecule has 0 aliphatic rings. The Morgan fingerprint density at radius 3 is 2.24 bits per heavy atom. The monoisotopic (exact) mass is 234 g/mol. The minimum absolute atomic E-state index is 0.0955. The molecule has 94 valence electrons. The first-order valence-electron chi connectivity index (χ1n) is 6.01. The van der Waals surface area contributed by atoms with Gasteiger partial charge in [0.15, 0.2) is 0 Å². The van der Waals surface area contributed by atoms with Crippen molar-refractivity contribution >= 4 is 5.91 Å². The first-order chi connectivity index (χ1) is 7.88. The van der Waals surface area contributed by atoms with E-state index in [1.807, 2.05) is 6.92 Å². The Hall–Kier alpha value is -1.35. The summed E-state index contributed by atoms with van der Waals surface area (Å²) in [6.07, 6.45) is 0.834. The fourth-order valence-corrected chi connectivity index (χ4v) is 1.97. The van der Waals surface area contributed by atoms with Crippen LogP contribution in [0.25, 0.3) is 0 Å². The predicted molar refractivity (Wildman–Crippen MR) is 70.9 cm³/mol. The van der Waals surface area contributed by atoms with Crippen molar-refractivity contribution in [3.8, 4) is 0 Å². The first-order valence-corrected chi connectivity index (χ1v) is 6.01. The maximum Gasteiger partial charge on any atom is 0.236 e. The van der Waals surface area contributed by atoms with Gasteiger partial charge in [-0.2, -0.15) is 0 Å². The van der Waals surface area contributed by atoms with E-state index in [9.17, 15) is 4.79 Å². The molecule has 1 unspecified atom stereocenters. The third kappa shape index (κ3) is 4.57. The Morgan fingerprint density at radius 1 is 1.24 bits per heavy atom. The maximum absolute atomic E-state index is 11.4. The number of carbonyl (C=O) groups excluding carboxylic acids is 1. The average Bonchev–Trinajstić information content (AvgIpc) is 2.14. The van der Waals surface area contributed by atoms with E-state index in [1.54, 1.807) is 6.92 Å². The van der Waals surface area contributed by atoms with Gasteiger partial charge in [-0.1, -0.05) is 29.3 Å². The lowest BCUT2D eigenvalue weighted by atomic mass is 10.0. The quantitative estimate of drug-likeness (QED) is 0.833. The first kappa shape index (κ1) is 13.7. The van der Waals surface area contributed by atoms with Crippen LogP contribution in [0.5, 0.6) is 0 Å². The summed E-state index contributed by atoms with van der Waals surface area (Å²) in [4.78, 5) is 11.4. The summed E-state index contributed by atoms with van der Waals surface area (Å²) in [6, 6.07) is 6.11. The van der Waals surface area contributed by atoms with Gasteiger partial charge >= 0.3 is 0 Å². The molecule has 2 atom stereocenters. The van der Waals surface area contributed by atoms with Gasteiger partial charge in [-0.25, -0.2) is 0 Å². The van der Waals surface area contributed by atoms with Gasteiger partial charge in [0.1, 0.15) is 0 Å². The number of rotatable bonds is 4. The molecule has 3 heteroatoms. The zero-order chi connectivity index (χ0) is 13.0. The highest BCUT2D eigenvalue weighted by molar-refractivity contribution is 5.81. The number of nitrogens with two attached hydrogens (primary N) is 1. The molecule has 0 bridgehead atoms. The highest BCUT2D eigenvalue weighted by Crippen LogP contribution is 2.10. The summed E-state index contributed by atoms with van der Waals surface area (Å²) < 4.78 is 0. The van der Waals surface area contributed by atoms with Gasteiger partial charge in [0, 0.05) is 6.04 Å². The number of hydrogen-bond acceptors (Lipinski definition) is 2. The summed E-state index contributed by atoms with van der Waals surface area (Å²) >= 11 is 0. The topological polar surface area (TPSA) is 55.1 Å². The largest absolute Gasteiger partial charge is 0.352 e. The van der Waals surface area contributed by atoms with Gasteiger partial charge < -0.3 is 11.1 Å². The fourth-order valence-electron chi connectivity index (χ4n) is 1.97. The Kier molecular flexibility index (Phi) is 4.70. The highest BCUT2D eigenvalue weighted by Gasteiger charge is 2.11. The summed E-state index contributed by atoms with van der Waals surface area (Å²) in [7, 11) is 0. The predicted octanol–water partition coefficient (Wildman–Crippen LogP) is 1.70. The van der Waals surface area contributed by atoms with Gasteiger partial charge in [-0.3, -0.25) is 4.79 Å². The number of hydrogen-bond donors (Lipinski definition) is 2. The molecule has 0 aliphatic heterocycles. The normalized spacial score (nSPS) is 14.2. The van der Waals surface area contributed by atoms with Crippen molar-refractivity contribution in [1.82, 2.24) is 5.32 Å². The molecule has 3 N–H and O–H groups in total. The number of benzene rings is 1. The second kappa shape index (κ2) is 5.82. The van der Waals surface area contributed by atoms with E-state index in [2.05, 4.69) is 37.4 Å². The smallest absolute Gasteiger partial charge is 0.236 e. The Morgan fingerprint density at radius 2 is 1.76 bits per heavy atom. The van der Waals surface area contributed by atoms with Gasteiger partial charge in [0.25, 0.3) is 0 Å². The van der Waals surface area contributed by atoms with Crippen LogP contribution >= 0.6 is 0 Å². The molecule has 0 spiro atoms. The third-order valence-corrected chi connectivity index (χ3v) is 2.63. The van der Waals surface area contributed by atoms with Crippen molar-refractivity contribution in [1.29, 1.82) is 0 Å². The molecule has 17 heavy (non-hydrogen) atoms. The number of carbonyl (C=O) groups is 1. The van der Waals surface area contributed by atoms with E-state index in [1.165, 1.54) is 16.7 Å². The molecule has 0 aromatic heterocycles. The van der Waals surface area contributed by atoms with Crippen molar-refractivity contribution in [2.75, 3.05) is 0 Å². The number of nitrogens with one attached hydrogen (secondary N) is 1. The summed E-state index contributed by atoms with van der Waals surface area (Å²) in [5, 5.41) is 2.90. The van der Waals surface area contributed by atoms with Crippen LogP contribution in [0.3, 0.4) is 0 Å². The Bertz CT molecular complexity index is 379. The summed E-state index contributed by atoms with van der Waals surface area (Å²) in [5.74, 6) is -0.0955. The zero-order valence-corrected chi connectivity index (χ0v) is 11.1. The van der Waals surface area contributed by atoms with Crippen molar-refractivity contribution in [3.63, 3.8) is 0 Å². The van der Waals surface area contributed by atoms with Crippen LogP contribution in [0.15, 0.2) is 18.2 Å². The van der Waals surface area contributed by atoms with Crippen LogP contribution in [-0.4, -0.2) is 18.0 Å². The lowest BCUT2D eigenvalue weighted by molar-refractivity contribution is -0.122. The maximum atomic E-state index is 11.4. The molecule has 0 aliphatic carbocycles. The van der Waals surface area contributed by atoms with E-state index < -0.39 is 6.04 Å². The van der Waals surface area contributed by atoms with Crippen LogP contribution < -0.4 is 11.1 Å². The number of aryl methyl sites for hydroxylation is 2. The molecule has 0 heterocycles. The van der Waals surface area contributed by atoms with E-state index in [0.717, 1.165) is 6.42 Å². The minimum atomic E-state index is -0.448. The van der Waals surface area contributed by atoms with Crippen LogP contribution in [0.4, 0.5) is 0 Å². The number of amides is 1. The van der Waals surface area contributed by atoms with E-state index in [-0.39, 0.29) is 11.9 Å². The molecule has 0 saturated heterocycles. The van der Waals surface area contributed by atoms with Crippen LogP contribution in [-0.2, 0) is 11.2 Å². The second-order valence-electron chi connectivity index (χ2n) is 4.90. The standard InChI is InChI=1S/C14H22N2O/c1-9-5-10(2)7-13(6-9)8-11(3)16-14(17)12(4)15/h5-7,11-12H,8,15H2,1-4H3,(H,16,17)/t11?,12-/m1/s1. The zero-order valence-electron chi connectivity index (χ0n) is 11.1. The molecule has 0 saturated carbocycles. The Labute approximate surface area is 103 Å². The lowest BCUT2D eigenvalue weighted by Crippen LogP contribution is -2.43. The van der Waals surface area contributed by atoms with Crippen molar-refractivity contribution < 1.29 is 4.79 Å². The van der Waals surface area contributed by atoms with E-state index in [0.29, 0.717) is 0 Å². The van der Waals surface area contributed by atoms with Crippen molar-refractivity contribution in [2.45, 2.75) is 46.2 Å². The summed E-state index contributed by atoms with van der Waals surface area (Å²) in [5.41, 5.74) is 9.27. The molecule has 0 radical (unpaired) electrons. The lowest BCUT2D eigenvalue weighted by Gasteiger charge is -2.16. The highest BCUT2D eigenvalue weighted by atomic mass is 16.2. The van der Waals surface area contributed by atoms with Crippen LogP contribution in [0, 0.1) is 13.8 Å². The molecule has 1 aromatic carbocycles. The van der Waals surface area contributed by atoms with Gasteiger partial charge in [0.2, 0.25) is 5.91 Å². The van der Waals surface area contributed by atoms with Gasteiger partial charge in [0.05, 0.1) is 6.04 Å². The molecular weight excluding hydrogens is 212 g/mol. The average molecular weight is 234 g/mol. The molecule has 3 nitrogen and oxygen atoms in total. The van der Waals surface area contributed by atoms with Crippen LogP contribution in [0.2, 0.25) is 0 Å². The minimum Gasteiger partial charge on any atom is -0.352 e. The fraction of sp³-hybridized carbons (Fsp3) is 0.500. The Balaban J connectivity index is 2.61. The van der Waals surface area contributed by atoms with E-state index in [4.69, 9.17) is 5.73 Å². The van der Waals surface area contributed by atoms with E-state index >= 15 is 0 Å². The molecule has 1 rings (SSSR count). The molecule has 1 amide bonds. The molecule has 1 aromatic rings.